The molecule has 110 valence electrons. The first kappa shape index (κ1) is 15.1. The fraction of sp³-hybridized carbons (Fsp3) is 0.214. The van der Waals surface area contributed by atoms with Crippen LogP contribution in [0.5, 0.6) is 5.75 Å². The van der Waals surface area contributed by atoms with Crippen molar-refractivity contribution in [2.45, 2.75) is 20.8 Å². The first-order chi connectivity index (χ1) is 9.88. The summed E-state index contributed by atoms with van der Waals surface area (Å²) >= 11 is 6.02. The molecule has 2 heterocycles. The summed E-state index contributed by atoms with van der Waals surface area (Å²) in [5.41, 5.74) is 3.19. The van der Waals surface area contributed by atoms with Crippen LogP contribution in [0.2, 0.25) is 5.02 Å². The van der Waals surface area contributed by atoms with Crippen molar-refractivity contribution in [2.75, 3.05) is 5.43 Å². The Kier molecular flexibility index (Phi) is 4.28. The van der Waals surface area contributed by atoms with Crippen LogP contribution in [0.15, 0.2) is 32.6 Å². The number of aromatic hydroxyl groups is 1. The number of anilines is 1. The predicted octanol–water partition coefficient (Wildman–Crippen LogP) is 2.85. The lowest BCUT2D eigenvalue weighted by molar-refractivity contribution is 0.432. The minimum atomic E-state index is -0.654. The molecule has 2 rings (SSSR count). The monoisotopic (exact) mass is 307 g/mol. The lowest BCUT2D eigenvalue weighted by atomic mass is 10.2. The van der Waals surface area contributed by atoms with Crippen molar-refractivity contribution in [2.24, 2.45) is 5.10 Å². The van der Waals surface area contributed by atoms with Crippen molar-refractivity contribution in [1.29, 1.82) is 0 Å². The van der Waals surface area contributed by atoms with Gasteiger partial charge in [-0.25, -0.2) is 9.78 Å². The average Bonchev–Trinajstić information content (AvgIpc) is 2.36. The molecule has 0 bridgehead atoms. The lowest BCUT2D eigenvalue weighted by Gasteiger charge is -2.06. The molecule has 0 radical (unpaired) electrons. The Morgan fingerprint density at radius 1 is 1.43 bits per heavy atom. The van der Waals surface area contributed by atoms with E-state index < -0.39 is 5.63 Å². The Morgan fingerprint density at radius 2 is 2.14 bits per heavy atom. The second-order valence-electron chi connectivity index (χ2n) is 4.56. The van der Waals surface area contributed by atoms with E-state index in [2.05, 4.69) is 15.5 Å². The van der Waals surface area contributed by atoms with Gasteiger partial charge in [0.15, 0.2) is 5.82 Å². The zero-order valence-electron chi connectivity index (χ0n) is 11.8. The van der Waals surface area contributed by atoms with E-state index in [0.717, 1.165) is 5.56 Å². The Hall–Kier alpha value is -2.34. The lowest BCUT2D eigenvalue weighted by Crippen LogP contribution is -2.14. The van der Waals surface area contributed by atoms with Crippen LogP contribution in [0.25, 0.3) is 0 Å². The van der Waals surface area contributed by atoms with Crippen LogP contribution in [0.3, 0.4) is 0 Å². The molecule has 7 heteroatoms. The highest BCUT2D eigenvalue weighted by atomic mass is 35.5. The molecule has 2 aromatic rings. The minimum Gasteiger partial charge on any atom is -0.507 e. The highest BCUT2D eigenvalue weighted by molar-refractivity contribution is 6.32. The highest BCUT2D eigenvalue weighted by Gasteiger charge is 2.13. The van der Waals surface area contributed by atoms with Crippen molar-refractivity contribution >= 4 is 23.1 Å². The second kappa shape index (κ2) is 5.97. The van der Waals surface area contributed by atoms with Crippen molar-refractivity contribution in [1.82, 2.24) is 4.98 Å². The van der Waals surface area contributed by atoms with E-state index in [1.54, 1.807) is 26.1 Å². The van der Waals surface area contributed by atoms with Crippen LogP contribution in [0.4, 0.5) is 5.82 Å². The molecule has 6 nitrogen and oxygen atoms in total. The number of nitrogens with zero attached hydrogens (tertiary/aromatic N) is 2. The molecule has 0 aromatic carbocycles. The number of rotatable bonds is 3. The summed E-state index contributed by atoms with van der Waals surface area (Å²) in [5, 5.41) is 14.2. The fourth-order valence-electron chi connectivity index (χ4n) is 1.74. The van der Waals surface area contributed by atoms with Crippen LogP contribution in [-0.2, 0) is 0 Å². The number of nitrogens with one attached hydrogen (secondary N) is 1. The molecule has 21 heavy (non-hydrogen) atoms. The largest absolute Gasteiger partial charge is 0.507 e. The van der Waals surface area contributed by atoms with E-state index in [-0.39, 0.29) is 17.0 Å². The molecule has 0 aliphatic rings. The molecule has 0 spiro atoms. The first-order valence-corrected chi connectivity index (χ1v) is 6.53. The number of hydrogen-bond acceptors (Lipinski definition) is 6. The summed E-state index contributed by atoms with van der Waals surface area (Å²) in [4.78, 5) is 15.8. The van der Waals surface area contributed by atoms with Gasteiger partial charge in [0, 0.05) is 12.3 Å². The van der Waals surface area contributed by atoms with Crippen molar-refractivity contribution in [3.63, 3.8) is 0 Å². The van der Waals surface area contributed by atoms with E-state index in [9.17, 15) is 9.90 Å². The zero-order valence-corrected chi connectivity index (χ0v) is 12.5. The predicted molar refractivity (Wildman–Crippen MR) is 81.2 cm³/mol. The summed E-state index contributed by atoms with van der Waals surface area (Å²) < 4.78 is 4.94. The van der Waals surface area contributed by atoms with Crippen LogP contribution in [0, 0.1) is 13.8 Å². The van der Waals surface area contributed by atoms with Crippen molar-refractivity contribution < 1.29 is 9.52 Å². The van der Waals surface area contributed by atoms with Gasteiger partial charge in [-0.15, -0.1) is 0 Å². The van der Waals surface area contributed by atoms with Gasteiger partial charge < -0.3 is 9.52 Å². The van der Waals surface area contributed by atoms with Gasteiger partial charge in [0.05, 0.1) is 10.7 Å². The van der Waals surface area contributed by atoms with E-state index in [0.29, 0.717) is 16.6 Å². The molecule has 0 amide bonds. The van der Waals surface area contributed by atoms with E-state index in [4.69, 9.17) is 16.0 Å². The minimum absolute atomic E-state index is 0.00339. The van der Waals surface area contributed by atoms with Gasteiger partial charge in [0.2, 0.25) is 0 Å². The molecule has 0 saturated heterocycles. The Morgan fingerprint density at radius 3 is 2.76 bits per heavy atom. The summed E-state index contributed by atoms with van der Waals surface area (Å²) in [7, 11) is 0. The number of hydrazone groups is 1. The van der Waals surface area contributed by atoms with E-state index >= 15 is 0 Å². The highest BCUT2D eigenvalue weighted by Crippen LogP contribution is 2.20. The zero-order chi connectivity index (χ0) is 15.6. The van der Waals surface area contributed by atoms with Gasteiger partial charge in [0.25, 0.3) is 0 Å². The Bertz CT molecular complexity index is 769. The Balaban J connectivity index is 2.32. The number of pyridine rings is 1. The fourth-order valence-corrected chi connectivity index (χ4v) is 2.00. The van der Waals surface area contributed by atoms with Gasteiger partial charge in [-0.05, 0) is 32.4 Å². The van der Waals surface area contributed by atoms with E-state index in [1.165, 1.54) is 6.07 Å². The molecule has 2 N–H and O–H groups in total. The average molecular weight is 308 g/mol. The smallest absolute Gasteiger partial charge is 0.348 e. The van der Waals surface area contributed by atoms with Gasteiger partial charge in [-0.1, -0.05) is 11.6 Å². The maximum atomic E-state index is 11.7. The summed E-state index contributed by atoms with van der Waals surface area (Å²) in [5.74, 6) is 0.498. The molecule has 2 aromatic heterocycles. The number of halogens is 1. The summed E-state index contributed by atoms with van der Waals surface area (Å²) in [6, 6.07) is 3.09. The van der Waals surface area contributed by atoms with Gasteiger partial charge in [-0.2, -0.15) is 5.10 Å². The van der Waals surface area contributed by atoms with Gasteiger partial charge in [-0.3, -0.25) is 5.43 Å². The molecular formula is C14H14ClN3O3. The standard InChI is InChI=1S/C14H14ClN3O3/c1-7-4-10(15)13(16-6-7)18-17-9(3)12-11(19)5-8(2)21-14(12)20/h4-6,19H,1-3H3,(H,16,18)/b17-9+. The molecule has 0 unspecified atom stereocenters. The van der Waals surface area contributed by atoms with Crippen LogP contribution in [0.1, 0.15) is 23.8 Å². The van der Waals surface area contributed by atoms with Crippen LogP contribution >= 0.6 is 11.6 Å². The topological polar surface area (TPSA) is 87.7 Å². The van der Waals surface area contributed by atoms with Crippen molar-refractivity contribution in [3.05, 3.63) is 50.7 Å². The number of aryl methyl sites for hydroxylation is 2. The van der Waals surface area contributed by atoms with E-state index in [1.807, 2.05) is 6.92 Å². The molecule has 0 fully saturated rings. The molecule has 0 aliphatic heterocycles. The Labute approximate surface area is 126 Å². The van der Waals surface area contributed by atoms with Gasteiger partial charge in [0.1, 0.15) is 17.1 Å². The number of aromatic nitrogens is 1. The molecule has 0 saturated carbocycles. The summed E-state index contributed by atoms with van der Waals surface area (Å²) in [6.07, 6.45) is 1.64. The summed E-state index contributed by atoms with van der Waals surface area (Å²) in [6.45, 7) is 5.01. The second-order valence-corrected chi connectivity index (χ2v) is 4.96. The normalized spacial score (nSPS) is 11.5. The van der Waals surface area contributed by atoms with Gasteiger partial charge >= 0.3 is 5.63 Å². The maximum absolute atomic E-state index is 11.7. The quantitative estimate of drug-likeness (QED) is 0.672. The van der Waals surface area contributed by atoms with Crippen molar-refractivity contribution in [3.8, 4) is 5.75 Å². The third kappa shape index (κ3) is 3.41. The third-order valence-corrected chi connectivity index (χ3v) is 3.01. The first-order valence-electron chi connectivity index (χ1n) is 6.15. The SMILES string of the molecule is C/C(=N\Nc1ncc(C)cc1Cl)c1c(O)cc(C)oc1=O. The molecular weight excluding hydrogens is 294 g/mol. The molecule has 0 aliphatic carbocycles. The number of hydrogen-bond donors (Lipinski definition) is 2. The van der Waals surface area contributed by atoms with Crippen LogP contribution in [-0.4, -0.2) is 15.8 Å². The maximum Gasteiger partial charge on any atom is 0.348 e. The third-order valence-electron chi connectivity index (χ3n) is 2.72. The molecule has 0 atom stereocenters. The van der Waals surface area contributed by atoms with Crippen LogP contribution < -0.4 is 11.1 Å².